The highest BCUT2D eigenvalue weighted by atomic mass is 32.2. The molecule has 168 valence electrons. The SMILES string of the molecule is Cc1ccc(-c2noc(CCC(=O)Nc3cccc(S(=O)(=O)C4CCCC4)c3)n2)cc1F. The van der Waals surface area contributed by atoms with Gasteiger partial charge in [-0.25, -0.2) is 12.8 Å². The average molecular weight is 458 g/mol. The molecule has 1 heterocycles. The molecule has 1 aromatic heterocycles. The van der Waals surface area contributed by atoms with Crippen molar-refractivity contribution in [2.24, 2.45) is 0 Å². The van der Waals surface area contributed by atoms with E-state index in [9.17, 15) is 17.6 Å². The monoisotopic (exact) mass is 457 g/mol. The first-order chi connectivity index (χ1) is 15.3. The van der Waals surface area contributed by atoms with Crippen LogP contribution in [-0.4, -0.2) is 29.7 Å². The van der Waals surface area contributed by atoms with Gasteiger partial charge >= 0.3 is 0 Å². The van der Waals surface area contributed by atoms with Gasteiger partial charge < -0.3 is 9.84 Å². The maximum Gasteiger partial charge on any atom is 0.227 e. The Labute approximate surface area is 186 Å². The normalized spacial score (nSPS) is 14.6. The van der Waals surface area contributed by atoms with Crippen molar-refractivity contribution < 1.29 is 22.1 Å². The molecule has 1 saturated carbocycles. The van der Waals surface area contributed by atoms with E-state index in [4.69, 9.17) is 4.52 Å². The number of hydrogen-bond acceptors (Lipinski definition) is 6. The minimum atomic E-state index is -3.39. The summed E-state index contributed by atoms with van der Waals surface area (Å²) in [5.74, 6) is -0.148. The molecule has 0 aliphatic heterocycles. The molecule has 0 radical (unpaired) electrons. The summed E-state index contributed by atoms with van der Waals surface area (Å²) < 4.78 is 44.5. The second kappa shape index (κ2) is 9.20. The number of anilines is 1. The summed E-state index contributed by atoms with van der Waals surface area (Å²) in [5.41, 5.74) is 1.44. The molecule has 3 aromatic rings. The van der Waals surface area contributed by atoms with E-state index in [-0.39, 0.29) is 46.4 Å². The highest BCUT2D eigenvalue weighted by Gasteiger charge is 2.30. The predicted molar refractivity (Wildman–Crippen MR) is 117 cm³/mol. The number of carbonyl (C=O) groups excluding carboxylic acids is 1. The molecule has 0 spiro atoms. The minimum Gasteiger partial charge on any atom is -0.339 e. The van der Waals surface area contributed by atoms with Gasteiger partial charge in [0.2, 0.25) is 17.6 Å². The highest BCUT2D eigenvalue weighted by molar-refractivity contribution is 7.92. The van der Waals surface area contributed by atoms with Crippen molar-refractivity contribution in [3.8, 4) is 11.4 Å². The lowest BCUT2D eigenvalue weighted by Gasteiger charge is -2.12. The van der Waals surface area contributed by atoms with Crippen LogP contribution >= 0.6 is 0 Å². The van der Waals surface area contributed by atoms with Gasteiger partial charge in [0, 0.05) is 24.1 Å². The van der Waals surface area contributed by atoms with Crippen LogP contribution in [0.1, 0.15) is 43.6 Å². The first-order valence-corrected chi connectivity index (χ1v) is 12.1. The molecule has 7 nitrogen and oxygen atoms in total. The molecular weight excluding hydrogens is 433 g/mol. The van der Waals surface area contributed by atoms with E-state index in [2.05, 4.69) is 15.5 Å². The van der Waals surface area contributed by atoms with Gasteiger partial charge in [0.25, 0.3) is 0 Å². The molecule has 0 bridgehead atoms. The van der Waals surface area contributed by atoms with Crippen LogP contribution in [0.25, 0.3) is 11.4 Å². The van der Waals surface area contributed by atoms with E-state index in [1.54, 1.807) is 37.3 Å². The highest BCUT2D eigenvalue weighted by Crippen LogP contribution is 2.30. The van der Waals surface area contributed by atoms with Gasteiger partial charge in [-0.1, -0.05) is 36.2 Å². The lowest BCUT2D eigenvalue weighted by atomic mass is 10.1. The van der Waals surface area contributed by atoms with Crippen LogP contribution in [0.2, 0.25) is 0 Å². The number of aryl methyl sites for hydroxylation is 2. The van der Waals surface area contributed by atoms with Gasteiger partial charge in [-0.3, -0.25) is 4.79 Å². The van der Waals surface area contributed by atoms with Crippen LogP contribution in [0.3, 0.4) is 0 Å². The van der Waals surface area contributed by atoms with Crippen molar-refractivity contribution in [1.29, 1.82) is 0 Å². The summed E-state index contributed by atoms with van der Waals surface area (Å²) in [4.78, 5) is 16.8. The zero-order valence-electron chi connectivity index (χ0n) is 17.7. The quantitative estimate of drug-likeness (QED) is 0.562. The molecule has 0 unspecified atom stereocenters. The number of halogens is 1. The van der Waals surface area contributed by atoms with E-state index < -0.39 is 9.84 Å². The van der Waals surface area contributed by atoms with E-state index in [0.717, 1.165) is 12.8 Å². The smallest absolute Gasteiger partial charge is 0.227 e. The first kappa shape index (κ1) is 22.1. The average Bonchev–Trinajstić information content (AvgIpc) is 3.47. The summed E-state index contributed by atoms with van der Waals surface area (Å²) in [7, 11) is -3.39. The van der Waals surface area contributed by atoms with Crippen LogP contribution < -0.4 is 5.32 Å². The fraction of sp³-hybridized carbons (Fsp3) is 0.348. The number of carbonyl (C=O) groups is 1. The second-order valence-corrected chi connectivity index (χ2v) is 10.2. The van der Waals surface area contributed by atoms with Crippen molar-refractivity contribution in [2.75, 3.05) is 5.32 Å². The number of benzene rings is 2. The van der Waals surface area contributed by atoms with Crippen molar-refractivity contribution >= 4 is 21.4 Å². The summed E-state index contributed by atoms with van der Waals surface area (Å²) in [6.07, 6.45) is 3.49. The Morgan fingerprint density at radius 1 is 1.19 bits per heavy atom. The predicted octanol–water partition coefficient (Wildman–Crippen LogP) is 4.47. The van der Waals surface area contributed by atoms with Crippen LogP contribution in [0, 0.1) is 12.7 Å². The molecule has 1 amide bonds. The summed E-state index contributed by atoms with van der Waals surface area (Å²) >= 11 is 0. The topological polar surface area (TPSA) is 102 Å². The van der Waals surface area contributed by atoms with Gasteiger partial charge in [-0.2, -0.15) is 4.98 Å². The molecule has 1 N–H and O–H groups in total. The fourth-order valence-corrected chi connectivity index (χ4v) is 5.69. The lowest BCUT2D eigenvalue weighted by molar-refractivity contribution is -0.116. The van der Waals surface area contributed by atoms with Gasteiger partial charge in [-0.05, 0) is 49.6 Å². The Kier molecular flexibility index (Phi) is 6.36. The number of amides is 1. The number of hydrogen-bond donors (Lipinski definition) is 1. The third-order valence-corrected chi connectivity index (χ3v) is 7.91. The van der Waals surface area contributed by atoms with Crippen molar-refractivity contribution in [1.82, 2.24) is 10.1 Å². The zero-order valence-corrected chi connectivity index (χ0v) is 18.5. The molecule has 32 heavy (non-hydrogen) atoms. The first-order valence-electron chi connectivity index (χ1n) is 10.6. The molecule has 9 heteroatoms. The second-order valence-electron chi connectivity index (χ2n) is 8.00. The Balaban J connectivity index is 1.37. The van der Waals surface area contributed by atoms with Crippen LogP contribution in [0.5, 0.6) is 0 Å². The molecular formula is C23H24FN3O4S. The maximum absolute atomic E-state index is 13.7. The van der Waals surface area contributed by atoms with Gasteiger partial charge in [0.1, 0.15) is 5.82 Å². The van der Waals surface area contributed by atoms with Gasteiger partial charge in [-0.15, -0.1) is 0 Å². The maximum atomic E-state index is 13.7. The third-order valence-electron chi connectivity index (χ3n) is 5.65. The minimum absolute atomic E-state index is 0.0729. The van der Waals surface area contributed by atoms with E-state index in [1.807, 2.05) is 0 Å². The number of aromatic nitrogens is 2. The zero-order chi connectivity index (χ0) is 22.7. The molecule has 0 saturated heterocycles. The van der Waals surface area contributed by atoms with Crippen molar-refractivity contribution in [3.63, 3.8) is 0 Å². The molecule has 1 aliphatic carbocycles. The standard InChI is InChI=1S/C23H24FN3O4S/c1-15-9-10-16(13-20(15)24)23-26-22(31-27-23)12-11-21(28)25-17-5-4-8-19(14-17)32(29,30)18-6-2-3-7-18/h4-5,8-10,13-14,18H,2-3,6-7,11-12H2,1H3,(H,25,28). The van der Waals surface area contributed by atoms with Crippen LogP contribution in [-0.2, 0) is 21.1 Å². The summed E-state index contributed by atoms with van der Waals surface area (Å²) in [5, 5.41) is 6.22. The molecule has 2 aromatic carbocycles. The lowest BCUT2D eigenvalue weighted by Crippen LogP contribution is -2.18. The number of sulfone groups is 1. The van der Waals surface area contributed by atoms with E-state index in [1.165, 1.54) is 12.1 Å². The van der Waals surface area contributed by atoms with E-state index in [0.29, 0.717) is 29.7 Å². The largest absolute Gasteiger partial charge is 0.339 e. The molecule has 4 rings (SSSR count). The number of nitrogens with one attached hydrogen (secondary N) is 1. The number of rotatable bonds is 7. The number of nitrogens with zero attached hydrogens (tertiary/aromatic N) is 2. The molecule has 0 atom stereocenters. The molecule has 1 fully saturated rings. The van der Waals surface area contributed by atoms with E-state index >= 15 is 0 Å². The Morgan fingerprint density at radius 2 is 1.97 bits per heavy atom. The Hall–Kier alpha value is -3.07. The Bertz CT molecular complexity index is 1230. The Morgan fingerprint density at radius 3 is 2.72 bits per heavy atom. The van der Waals surface area contributed by atoms with Crippen LogP contribution in [0.4, 0.5) is 10.1 Å². The molecule has 1 aliphatic rings. The van der Waals surface area contributed by atoms with Gasteiger partial charge in [0.15, 0.2) is 9.84 Å². The summed E-state index contributed by atoms with van der Waals surface area (Å²) in [6.45, 7) is 1.67. The van der Waals surface area contributed by atoms with Crippen molar-refractivity contribution in [2.45, 2.75) is 55.6 Å². The summed E-state index contributed by atoms with van der Waals surface area (Å²) in [6, 6.07) is 11.0. The van der Waals surface area contributed by atoms with Crippen molar-refractivity contribution in [3.05, 3.63) is 59.7 Å². The fourth-order valence-electron chi connectivity index (χ4n) is 3.79. The van der Waals surface area contributed by atoms with Gasteiger partial charge in [0.05, 0.1) is 10.1 Å². The van der Waals surface area contributed by atoms with Crippen LogP contribution in [0.15, 0.2) is 51.9 Å². The third kappa shape index (κ3) is 4.88.